The third kappa shape index (κ3) is 20.8. The minimum absolute atomic E-state index is 0.101. The summed E-state index contributed by atoms with van der Waals surface area (Å²) in [6.07, 6.45) is 13.8. The fraction of sp³-hybridized carbons (Fsp3) is 0.263. The minimum atomic E-state index is -0.590. The van der Waals surface area contributed by atoms with Gasteiger partial charge in [0.1, 0.15) is 60.1 Å². The van der Waals surface area contributed by atoms with Crippen LogP contribution in [0.25, 0.3) is 43.6 Å². The molecule has 0 bridgehead atoms. The topological polar surface area (TPSA) is 230 Å². The predicted octanol–water partition coefficient (Wildman–Crippen LogP) is 15.0. The van der Waals surface area contributed by atoms with Crippen molar-refractivity contribution in [1.82, 2.24) is 9.97 Å². The molecule has 0 atom stereocenters. The van der Waals surface area contributed by atoms with Crippen LogP contribution in [0.1, 0.15) is 107 Å². The fourth-order valence-electron chi connectivity index (χ4n) is 9.98. The molecule has 0 aliphatic carbocycles. The van der Waals surface area contributed by atoms with Crippen molar-refractivity contribution in [3.63, 3.8) is 0 Å². The maximum atomic E-state index is 13.8. The number of benzene rings is 8. The second-order valence-electron chi connectivity index (χ2n) is 21.8. The second-order valence-corrected chi connectivity index (χ2v) is 21.8. The van der Waals surface area contributed by atoms with Gasteiger partial charge in [-0.25, -0.2) is 38.7 Å². The van der Waals surface area contributed by atoms with E-state index < -0.39 is 35.8 Å². The van der Waals surface area contributed by atoms with Crippen LogP contribution in [0.5, 0.6) is 40.2 Å². The summed E-state index contributed by atoms with van der Waals surface area (Å²) in [4.78, 5) is 84.1. The summed E-state index contributed by atoms with van der Waals surface area (Å²) in [5.41, 5.74) is 3.85. The van der Waals surface area contributed by atoms with Gasteiger partial charge in [0.25, 0.3) is 0 Å². The predicted molar refractivity (Wildman–Crippen MR) is 359 cm³/mol. The van der Waals surface area contributed by atoms with E-state index in [0.29, 0.717) is 105 Å². The van der Waals surface area contributed by atoms with Gasteiger partial charge in [-0.1, -0.05) is 64.0 Å². The molecule has 0 aliphatic rings. The summed E-state index contributed by atoms with van der Waals surface area (Å²) < 4.78 is 61.7. The molecule has 19 heteroatoms. The Labute approximate surface area is 550 Å². The van der Waals surface area contributed by atoms with Crippen molar-refractivity contribution in [2.45, 2.75) is 77.2 Å². The third-order valence-electron chi connectivity index (χ3n) is 15.0. The Bertz CT molecular complexity index is 4130. The number of aromatic nitrogens is 2. The number of carbonyl (C=O) groups excluding carboxylic acids is 6. The maximum Gasteiger partial charge on any atom is 0.343 e. The van der Waals surface area contributed by atoms with Crippen LogP contribution in [0, 0.1) is 0 Å². The zero-order chi connectivity index (χ0) is 66.6. The molecule has 1 aromatic heterocycles. The molecule has 0 fully saturated rings. The number of hydrogen-bond donors (Lipinski definition) is 0. The quantitative estimate of drug-likeness (QED) is 0.00666. The van der Waals surface area contributed by atoms with Gasteiger partial charge < -0.3 is 52.1 Å². The monoisotopic (exact) mass is 1290 g/mol. The van der Waals surface area contributed by atoms with Gasteiger partial charge >= 0.3 is 35.8 Å². The third-order valence-corrected chi connectivity index (χ3v) is 15.0. The number of ether oxygens (including phenoxy) is 11. The van der Waals surface area contributed by atoms with Gasteiger partial charge in [0, 0.05) is 35.1 Å². The van der Waals surface area contributed by atoms with Crippen molar-refractivity contribution < 1.29 is 80.9 Å². The average molecular weight is 1290 g/mol. The van der Waals surface area contributed by atoms with E-state index in [-0.39, 0.29) is 38.8 Å². The minimum Gasteiger partial charge on any atom is -0.494 e. The molecule has 0 saturated heterocycles. The first-order chi connectivity index (χ1) is 46.4. The number of esters is 6. The molecular formula is C76H74N2O17. The van der Waals surface area contributed by atoms with Gasteiger partial charge in [0.15, 0.2) is 0 Å². The van der Waals surface area contributed by atoms with Gasteiger partial charge in [0.2, 0.25) is 0 Å². The zero-order valence-corrected chi connectivity index (χ0v) is 52.8. The molecule has 0 amide bonds. The van der Waals surface area contributed by atoms with E-state index >= 15 is 0 Å². The molecule has 19 nitrogen and oxygen atoms in total. The van der Waals surface area contributed by atoms with Crippen molar-refractivity contribution in [3.8, 4) is 40.2 Å². The van der Waals surface area contributed by atoms with Crippen molar-refractivity contribution >= 4 is 79.4 Å². The Hall–Kier alpha value is -10.9. The summed E-state index contributed by atoms with van der Waals surface area (Å²) in [7, 11) is 0. The number of fused-ring (bicyclic) bond motifs is 7. The number of rotatable bonds is 38. The van der Waals surface area contributed by atoms with Crippen LogP contribution in [-0.4, -0.2) is 98.6 Å². The van der Waals surface area contributed by atoms with Crippen LogP contribution in [-0.2, 0) is 39.9 Å². The zero-order valence-electron chi connectivity index (χ0n) is 52.8. The molecule has 0 spiro atoms. The second kappa shape index (κ2) is 35.8. The summed E-state index contributed by atoms with van der Waals surface area (Å²) in [5, 5.41) is 3.19. The molecule has 0 aliphatic heterocycles. The Morgan fingerprint density at radius 1 is 0.316 bits per heavy atom. The lowest BCUT2D eigenvalue weighted by Gasteiger charge is -2.14. The summed E-state index contributed by atoms with van der Waals surface area (Å²) in [6, 6.07) is 43.2. The lowest BCUT2D eigenvalue weighted by molar-refractivity contribution is -0.139. The molecule has 95 heavy (non-hydrogen) atoms. The SMILES string of the molecule is C=CC(=O)OCCCCCCCCCOc1ccc2c3ccc(OC(=O)c4ccc(COc5ccc(C(=O)Oc6ccc(OCCCCCCOC(=O)C=C)cc6)cc5)cc4)cc3c3nc4ccc(OC(=O)c5ccc(OCCOCCOC(=O)C=C)cc5)cc4nc3c2c1. The highest BCUT2D eigenvalue weighted by Gasteiger charge is 2.19. The van der Waals surface area contributed by atoms with Crippen molar-refractivity contribution in [2.24, 2.45) is 0 Å². The van der Waals surface area contributed by atoms with E-state index in [2.05, 4.69) is 19.7 Å². The van der Waals surface area contributed by atoms with Crippen LogP contribution in [0.4, 0.5) is 0 Å². The first kappa shape index (κ1) is 68.4. The van der Waals surface area contributed by atoms with Crippen LogP contribution >= 0.6 is 0 Å². The van der Waals surface area contributed by atoms with E-state index in [1.165, 1.54) is 6.08 Å². The number of nitrogens with zero attached hydrogens (tertiary/aromatic N) is 2. The summed E-state index contributed by atoms with van der Waals surface area (Å²) in [5.74, 6) is 0.272. The van der Waals surface area contributed by atoms with E-state index in [1.807, 2.05) is 24.3 Å². The highest BCUT2D eigenvalue weighted by molar-refractivity contribution is 6.24. The molecule has 9 rings (SSSR count). The Kier molecular flexibility index (Phi) is 25.8. The average Bonchev–Trinajstić information content (AvgIpc) is 0.806. The van der Waals surface area contributed by atoms with Crippen LogP contribution in [0.2, 0.25) is 0 Å². The van der Waals surface area contributed by atoms with E-state index in [9.17, 15) is 28.8 Å². The standard InChI is InChI=1S/C76H74N2O17/c1-4-69(79)89-42-16-11-9-7-8-10-14-41-87-60-34-37-63-64-38-35-61(49-66(64)72-73(65(63)48-60)78-68-50-62(36-39-67(68)77-72)95-76(84)55-22-26-56(27-23-55)88-46-44-85-45-47-91-71(81)6-3)94-75(83)53-20-18-52(19-21-53)51-92-58-28-24-54(25-29-58)74(82)93-59-32-30-57(31-33-59)86-40-15-12-13-17-43-90-70(80)5-2/h4-6,18-39,48-50H,1-3,7-17,40-47,51H2. The molecule has 8 aromatic carbocycles. The number of hydrogen-bond acceptors (Lipinski definition) is 19. The van der Waals surface area contributed by atoms with Crippen LogP contribution < -0.4 is 33.2 Å². The highest BCUT2D eigenvalue weighted by Crippen LogP contribution is 2.38. The van der Waals surface area contributed by atoms with Gasteiger partial charge in [-0.15, -0.1) is 0 Å². The van der Waals surface area contributed by atoms with Crippen LogP contribution in [0.15, 0.2) is 190 Å². The molecular weight excluding hydrogens is 1210 g/mol. The summed E-state index contributed by atoms with van der Waals surface area (Å²) in [6.45, 7) is 13.0. The fourth-order valence-corrected chi connectivity index (χ4v) is 9.98. The smallest absolute Gasteiger partial charge is 0.343 e. The van der Waals surface area contributed by atoms with Crippen molar-refractivity contribution in [3.05, 3.63) is 212 Å². The van der Waals surface area contributed by atoms with Gasteiger partial charge in [0.05, 0.1) is 78.4 Å². The van der Waals surface area contributed by atoms with Gasteiger partial charge in [-0.2, -0.15) is 0 Å². The molecule has 0 unspecified atom stereocenters. The lowest BCUT2D eigenvalue weighted by Crippen LogP contribution is -2.12. The molecule has 0 N–H and O–H groups in total. The first-order valence-corrected chi connectivity index (χ1v) is 31.6. The Morgan fingerprint density at radius 2 is 0.684 bits per heavy atom. The molecule has 1 heterocycles. The highest BCUT2D eigenvalue weighted by atomic mass is 16.6. The largest absolute Gasteiger partial charge is 0.494 e. The normalized spacial score (nSPS) is 10.9. The van der Waals surface area contributed by atoms with E-state index in [1.54, 1.807) is 127 Å². The molecule has 490 valence electrons. The lowest BCUT2D eigenvalue weighted by atomic mass is 9.98. The molecule has 9 aromatic rings. The van der Waals surface area contributed by atoms with Gasteiger partial charge in [-0.05, 0) is 188 Å². The maximum absolute atomic E-state index is 13.8. The first-order valence-electron chi connectivity index (χ1n) is 31.6. The van der Waals surface area contributed by atoms with Gasteiger partial charge in [-0.3, -0.25) is 0 Å². The Balaban J connectivity index is 0.816. The number of unbranched alkanes of at least 4 members (excludes halogenated alkanes) is 9. The van der Waals surface area contributed by atoms with E-state index in [4.69, 9.17) is 62.1 Å². The Morgan fingerprint density at radius 3 is 1.22 bits per heavy atom. The summed E-state index contributed by atoms with van der Waals surface area (Å²) >= 11 is 0. The molecule has 0 radical (unpaired) electrons. The van der Waals surface area contributed by atoms with E-state index in [0.717, 1.165) is 105 Å². The van der Waals surface area contributed by atoms with Crippen LogP contribution in [0.3, 0.4) is 0 Å². The van der Waals surface area contributed by atoms with Crippen molar-refractivity contribution in [1.29, 1.82) is 0 Å². The van der Waals surface area contributed by atoms with Crippen molar-refractivity contribution in [2.75, 3.05) is 52.9 Å². The molecule has 0 saturated carbocycles. The number of carbonyl (C=O) groups is 6.